The van der Waals surface area contributed by atoms with Gasteiger partial charge in [-0.2, -0.15) is 0 Å². The lowest BCUT2D eigenvalue weighted by Gasteiger charge is -2.14. The van der Waals surface area contributed by atoms with Crippen molar-refractivity contribution in [2.75, 3.05) is 28.2 Å². The number of nitrogen functional groups attached to an aromatic ring is 1. The first-order chi connectivity index (χ1) is 14.5. The molecule has 7 N–H and O–H groups in total. The van der Waals surface area contributed by atoms with Crippen molar-refractivity contribution >= 4 is 34.6 Å². The Hall–Kier alpha value is -3.72. The van der Waals surface area contributed by atoms with Gasteiger partial charge in [0.25, 0.3) is 0 Å². The molecule has 1 amide bonds. The maximum atomic E-state index is 12.2. The normalized spacial score (nSPS) is 11.5. The van der Waals surface area contributed by atoms with Crippen LogP contribution in [0.4, 0.5) is 28.7 Å². The smallest absolute Gasteiger partial charge is 0.241 e. The monoisotopic (exact) mass is 406 g/mol. The van der Waals surface area contributed by atoms with Gasteiger partial charge in [-0.3, -0.25) is 9.78 Å². The number of nitrogens with one attached hydrogen (secondary N) is 3. The number of aromatic nitrogens is 3. The standard InChI is InChI=1S/C21H26N8O/c1-14-11-26-20(13-25-14)29-19-10-18(17(23)12-27-19)24-9-5-8-16(22)21(30)28-15-6-3-2-4-7-15/h2-4,6-7,10-13,16H,5,8-9,22-23H2,1H3,(H,28,30)(H2,24,26,27,29)/t16-/m0/s1. The Kier molecular flexibility index (Phi) is 7.12. The molecule has 0 aliphatic carbocycles. The molecule has 3 aromatic rings. The van der Waals surface area contributed by atoms with E-state index in [-0.39, 0.29) is 5.91 Å². The van der Waals surface area contributed by atoms with Crippen LogP contribution in [0.1, 0.15) is 18.5 Å². The molecular formula is C21H26N8O. The number of aryl methyl sites for hydroxylation is 1. The van der Waals surface area contributed by atoms with Gasteiger partial charge in [0, 0.05) is 18.3 Å². The Morgan fingerprint density at radius 3 is 2.57 bits per heavy atom. The van der Waals surface area contributed by atoms with Gasteiger partial charge in [-0.25, -0.2) is 9.97 Å². The van der Waals surface area contributed by atoms with Crippen LogP contribution >= 0.6 is 0 Å². The highest BCUT2D eigenvalue weighted by atomic mass is 16.2. The topological polar surface area (TPSA) is 144 Å². The van der Waals surface area contributed by atoms with Gasteiger partial charge in [0.2, 0.25) is 5.91 Å². The van der Waals surface area contributed by atoms with E-state index < -0.39 is 6.04 Å². The molecule has 0 saturated heterocycles. The first-order valence-corrected chi connectivity index (χ1v) is 9.68. The van der Waals surface area contributed by atoms with Gasteiger partial charge >= 0.3 is 0 Å². The zero-order valence-electron chi connectivity index (χ0n) is 16.8. The molecule has 9 nitrogen and oxygen atoms in total. The van der Waals surface area contributed by atoms with Gasteiger partial charge in [-0.15, -0.1) is 0 Å². The maximum absolute atomic E-state index is 12.2. The average molecular weight is 406 g/mol. The van der Waals surface area contributed by atoms with Crippen LogP contribution < -0.4 is 27.4 Å². The predicted molar refractivity (Wildman–Crippen MR) is 119 cm³/mol. The van der Waals surface area contributed by atoms with Gasteiger partial charge in [-0.1, -0.05) is 18.2 Å². The third kappa shape index (κ3) is 6.14. The maximum Gasteiger partial charge on any atom is 0.241 e. The van der Waals surface area contributed by atoms with E-state index in [9.17, 15) is 4.79 Å². The molecule has 0 saturated carbocycles. The molecule has 0 unspecified atom stereocenters. The summed E-state index contributed by atoms with van der Waals surface area (Å²) in [4.78, 5) is 24.9. The van der Waals surface area contributed by atoms with E-state index in [1.165, 1.54) is 0 Å². The third-order valence-electron chi connectivity index (χ3n) is 4.36. The van der Waals surface area contributed by atoms with Crippen LogP contribution in [0.5, 0.6) is 0 Å². The summed E-state index contributed by atoms with van der Waals surface area (Å²) in [5.41, 5.74) is 14.9. The molecule has 156 valence electrons. The molecule has 2 heterocycles. The van der Waals surface area contributed by atoms with Gasteiger partial charge in [0.1, 0.15) is 11.6 Å². The zero-order valence-corrected chi connectivity index (χ0v) is 16.8. The fraction of sp³-hybridized carbons (Fsp3) is 0.238. The quantitative estimate of drug-likeness (QED) is 0.341. The Morgan fingerprint density at radius 1 is 1.07 bits per heavy atom. The highest BCUT2D eigenvalue weighted by Gasteiger charge is 2.13. The summed E-state index contributed by atoms with van der Waals surface area (Å²) in [5, 5.41) is 9.17. The number of para-hydroxylation sites is 1. The molecule has 0 fully saturated rings. The Balaban J connectivity index is 1.47. The molecule has 1 atom stereocenters. The van der Waals surface area contributed by atoms with E-state index in [1.54, 1.807) is 24.7 Å². The number of hydrogen-bond donors (Lipinski definition) is 5. The number of rotatable bonds is 9. The van der Waals surface area contributed by atoms with Crippen molar-refractivity contribution in [2.45, 2.75) is 25.8 Å². The molecule has 30 heavy (non-hydrogen) atoms. The van der Waals surface area contributed by atoms with E-state index in [1.807, 2.05) is 37.3 Å². The van der Waals surface area contributed by atoms with E-state index >= 15 is 0 Å². The highest BCUT2D eigenvalue weighted by molar-refractivity contribution is 5.94. The van der Waals surface area contributed by atoms with Gasteiger partial charge in [0.05, 0.1) is 41.7 Å². The van der Waals surface area contributed by atoms with E-state index in [2.05, 4.69) is 30.9 Å². The van der Waals surface area contributed by atoms with Crippen LogP contribution in [-0.2, 0) is 4.79 Å². The molecule has 0 spiro atoms. The lowest BCUT2D eigenvalue weighted by molar-refractivity contribution is -0.117. The Labute approximate surface area is 175 Å². The molecule has 0 bridgehead atoms. The van der Waals surface area contributed by atoms with Gasteiger partial charge in [0.15, 0.2) is 0 Å². The van der Waals surface area contributed by atoms with E-state index in [0.29, 0.717) is 36.7 Å². The molecule has 3 rings (SSSR count). The second-order valence-electron chi connectivity index (χ2n) is 6.86. The number of amides is 1. The minimum Gasteiger partial charge on any atom is -0.396 e. The minimum absolute atomic E-state index is 0.199. The van der Waals surface area contributed by atoms with Crippen molar-refractivity contribution in [2.24, 2.45) is 5.73 Å². The first-order valence-electron chi connectivity index (χ1n) is 9.68. The minimum atomic E-state index is -0.584. The summed E-state index contributed by atoms with van der Waals surface area (Å²) >= 11 is 0. The van der Waals surface area contributed by atoms with Crippen LogP contribution in [0.15, 0.2) is 55.0 Å². The number of carbonyl (C=O) groups is 1. The molecule has 0 radical (unpaired) electrons. The number of pyridine rings is 1. The van der Waals surface area contributed by atoms with Crippen LogP contribution in [0.25, 0.3) is 0 Å². The molecule has 0 aliphatic heterocycles. The van der Waals surface area contributed by atoms with Crippen LogP contribution in [-0.4, -0.2) is 33.4 Å². The molecule has 1 aromatic carbocycles. The molecule has 9 heteroatoms. The van der Waals surface area contributed by atoms with Crippen molar-refractivity contribution in [3.05, 3.63) is 60.7 Å². The summed E-state index contributed by atoms with van der Waals surface area (Å²) in [7, 11) is 0. The molecular weight excluding hydrogens is 380 g/mol. The van der Waals surface area contributed by atoms with Crippen molar-refractivity contribution in [3.63, 3.8) is 0 Å². The molecule has 0 aliphatic rings. The second-order valence-corrected chi connectivity index (χ2v) is 6.86. The number of hydrogen-bond acceptors (Lipinski definition) is 8. The molecule has 2 aromatic heterocycles. The van der Waals surface area contributed by atoms with E-state index in [4.69, 9.17) is 11.5 Å². The summed E-state index contributed by atoms with van der Waals surface area (Å²) in [5.74, 6) is 0.998. The third-order valence-corrected chi connectivity index (χ3v) is 4.36. The van der Waals surface area contributed by atoms with Crippen molar-refractivity contribution in [1.82, 2.24) is 15.0 Å². The van der Waals surface area contributed by atoms with Gasteiger partial charge in [-0.05, 0) is 31.9 Å². The Bertz CT molecular complexity index is 963. The number of nitrogens with zero attached hydrogens (tertiary/aromatic N) is 3. The highest BCUT2D eigenvalue weighted by Crippen LogP contribution is 2.22. The number of benzene rings is 1. The number of anilines is 5. The fourth-order valence-electron chi connectivity index (χ4n) is 2.71. The van der Waals surface area contributed by atoms with Crippen LogP contribution in [0, 0.1) is 6.92 Å². The van der Waals surface area contributed by atoms with Gasteiger partial charge < -0.3 is 27.4 Å². The van der Waals surface area contributed by atoms with Crippen LogP contribution in [0.3, 0.4) is 0 Å². The lowest BCUT2D eigenvalue weighted by atomic mass is 10.1. The van der Waals surface area contributed by atoms with Crippen LogP contribution in [0.2, 0.25) is 0 Å². The van der Waals surface area contributed by atoms with E-state index in [0.717, 1.165) is 17.1 Å². The predicted octanol–water partition coefficient (Wildman–Crippen LogP) is 2.66. The SMILES string of the molecule is Cc1cnc(Nc2cc(NCCC[C@H](N)C(=O)Nc3ccccc3)c(N)cn2)cn1. The zero-order chi connectivity index (χ0) is 21.3. The first kappa shape index (κ1) is 21.0. The fourth-order valence-corrected chi connectivity index (χ4v) is 2.71. The summed E-state index contributed by atoms with van der Waals surface area (Å²) < 4.78 is 0. The summed E-state index contributed by atoms with van der Waals surface area (Å²) in [6, 6.07) is 10.5. The Morgan fingerprint density at radius 2 is 1.83 bits per heavy atom. The average Bonchev–Trinajstić information content (AvgIpc) is 2.75. The number of nitrogens with two attached hydrogens (primary N) is 2. The largest absolute Gasteiger partial charge is 0.396 e. The van der Waals surface area contributed by atoms with Crippen molar-refractivity contribution in [3.8, 4) is 0 Å². The second kappa shape index (κ2) is 10.2. The number of carbonyl (C=O) groups excluding carboxylic acids is 1. The van der Waals surface area contributed by atoms with Crippen molar-refractivity contribution < 1.29 is 4.79 Å². The van der Waals surface area contributed by atoms with Crippen molar-refractivity contribution in [1.29, 1.82) is 0 Å². The lowest BCUT2D eigenvalue weighted by Crippen LogP contribution is -2.35. The summed E-state index contributed by atoms with van der Waals surface area (Å²) in [6.45, 7) is 2.49. The summed E-state index contributed by atoms with van der Waals surface area (Å²) in [6.07, 6.45) is 6.14.